The Morgan fingerprint density at radius 3 is 2.60 bits per heavy atom. The standard InChI is InChI=1S/C17H28N6O2/c1-2-21-5-7-23(8-6-21)17(24)15-13-16(20-14-19-15)18-3-4-22-9-11-25-12-10-22/h13-14H,2-12H2,1H3,(H,18,19,20). The van der Waals surface area contributed by atoms with Crippen LogP contribution in [0.3, 0.4) is 0 Å². The lowest BCUT2D eigenvalue weighted by Gasteiger charge is -2.33. The van der Waals surface area contributed by atoms with Crippen LogP contribution in [0.4, 0.5) is 5.82 Å². The molecule has 25 heavy (non-hydrogen) atoms. The molecule has 0 atom stereocenters. The SMILES string of the molecule is CCN1CCN(C(=O)c2cc(NCCN3CCOCC3)ncn2)CC1. The van der Waals surface area contributed by atoms with Gasteiger partial charge in [-0.2, -0.15) is 0 Å². The zero-order valence-corrected chi connectivity index (χ0v) is 15.0. The Morgan fingerprint density at radius 1 is 1.12 bits per heavy atom. The number of anilines is 1. The molecule has 2 aliphatic heterocycles. The molecule has 2 saturated heterocycles. The summed E-state index contributed by atoms with van der Waals surface area (Å²) >= 11 is 0. The first-order valence-electron chi connectivity index (χ1n) is 9.14. The third-order valence-corrected chi connectivity index (χ3v) is 4.83. The molecule has 0 bridgehead atoms. The molecule has 0 aliphatic carbocycles. The fraction of sp³-hybridized carbons (Fsp3) is 0.706. The van der Waals surface area contributed by atoms with E-state index < -0.39 is 0 Å². The van der Waals surface area contributed by atoms with E-state index in [1.807, 2.05) is 4.90 Å². The van der Waals surface area contributed by atoms with Crippen molar-refractivity contribution in [3.63, 3.8) is 0 Å². The molecule has 0 spiro atoms. The molecule has 1 N–H and O–H groups in total. The van der Waals surface area contributed by atoms with Crippen molar-refractivity contribution in [1.29, 1.82) is 0 Å². The summed E-state index contributed by atoms with van der Waals surface area (Å²) in [5.74, 6) is 0.702. The van der Waals surface area contributed by atoms with E-state index >= 15 is 0 Å². The summed E-state index contributed by atoms with van der Waals surface area (Å²) < 4.78 is 5.35. The number of nitrogens with one attached hydrogen (secondary N) is 1. The topological polar surface area (TPSA) is 73.8 Å². The van der Waals surface area contributed by atoms with Crippen molar-refractivity contribution in [3.05, 3.63) is 18.1 Å². The number of nitrogens with zero attached hydrogens (tertiary/aromatic N) is 5. The fourth-order valence-electron chi connectivity index (χ4n) is 3.17. The minimum Gasteiger partial charge on any atom is -0.379 e. The number of carbonyl (C=O) groups excluding carboxylic acids is 1. The van der Waals surface area contributed by atoms with E-state index in [0.717, 1.165) is 72.1 Å². The van der Waals surface area contributed by atoms with Crippen LogP contribution in [0.15, 0.2) is 12.4 Å². The van der Waals surface area contributed by atoms with E-state index in [4.69, 9.17) is 4.74 Å². The number of likely N-dealkylation sites (N-methyl/N-ethyl adjacent to an activating group) is 1. The van der Waals surface area contributed by atoms with Crippen LogP contribution < -0.4 is 5.32 Å². The van der Waals surface area contributed by atoms with Gasteiger partial charge in [0.05, 0.1) is 13.2 Å². The molecule has 2 fully saturated rings. The molecule has 1 amide bonds. The molecule has 1 aromatic rings. The smallest absolute Gasteiger partial charge is 0.272 e. The first kappa shape index (κ1) is 18.0. The number of piperazine rings is 1. The monoisotopic (exact) mass is 348 g/mol. The number of morpholine rings is 1. The van der Waals surface area contributed by atoms with E-state index in [9.17, 15) is 4.79 Å². The van der Waals surface area contributed by atoms with Crippen molar-refractivity contribution in [2.24, 2.45) is 0 Å². The molecule has 0 radical (unpaired) electrons. The molecular weight excluding hydrogens is 320 g/mol. The summed E-state index contributed by atoms with van der Waals surface area (Å²) in [6.45, 7) is 11.8. The van der Waals surface area contributed by atoms with E-state index in [1.54, 1.807) is 6.07 Å². The number of aromatic nitrogens is 2. The van der Waals surface area contributed by atoms with Crippen LogP contribution in [0.5, 0.6) is 0 Å². The van der Waals surface area contributed by atoms with Gasteiger partial charge in [-0.05, 0) is 6.54 Å². The number of ether oxygens (including phenoxy) is 1. The number of hydrogen-bond acceptors (Lipinski definition) is 7. The summed E-state index contributed by atoms with van der Waals surface area (Å²) in [4.78, 5) is 27.6. The van der Waals surface area contributed by atoms with Crippen LogP contribution in [-0.2, 0) is 4.74 Å². The molecule has 3 rings (SSSR count). The van der Waals surface area contributed by atoms with Gasteiger partial charge in [-0.1, -0.05) is 6.92 Å². The van der Waals surface area contributed by atoms with Crippen LogP contribution in [0.25, 0.3) is 0 Å². The predicted molar refractivity (Wildman–Crippen MR) is 95.8 cm³/mol. The lowest BCUT2D eigenvalue weighted by atomic mass is 10.2. The van der Waals surface area contributed by atoms with E-state index in [0.29, 0.717) is 11.5 Å². The minimum atomic E-state index is -0.00520. The second kappa shape index (κ2) is 9.07. The van der Waals surface area contributed by atoms with Crippen molar-refractivity contribution < 1.29 is 9.53 Å². The van der Waals surface area contributed by atoms with Crippen LogP contribution in [0, 0.1) is 0 Å². The zero-order valence-electron chi connectivity index (χ0n) is 15.0. The van der Waals surface area contributed by atoms with Gasteiger partial charge in [-0.3, -0.25) is 9.69 Å². The molecular formula is C17H28N6O2. The van der Waals surface area contributed by atoms with Crippen molar-refractivity contribution in [1.82, 2.24) is 24.7 Å². The number of carbonyl (C=O) groups is 1. The van der Waals surface area contributed by atoms with Gasteiger partial charge in [0.15, 0.2) is 0 Å². The van der Waals surface area contributed by atoms with E-state index in [1.165, 1.54) is 6.33 Å². The highest BCUT2D eigenvalue weighted by molar-refractivity contribution is 5.93. The average molecular weight is 348 g/mol. The third-order valence-electron chi connectivity index (χ3n) is 4.83. The van der Waals surface area contributed by atoms with Crippen molar-refractivity contribution in [2.45, 2.75) is 6.92 Å². The second-order valence-electron chi connectivity index (χ2n) is 6.40. The summed E-state index contributed by atoms with van der Waals surface area (Å²) in [6.07, 6.45) is 1.46. The largest absolute Gasteiger partial charge is 0.379 e. The number of rotatable bonds is 6. The normalized spacial score (nSPS) is 19.8. The molecule has 0 saturated carbocycles. The molecule has 0 unspecified atom stereocenters. The van der Waals surface area contributed by atoms with Gasteiger partial charge in [-0.25, -0.2) is 9.97 Å². The first-order chi connectivity index (χ1) is 12.3. The van der Waals surface area contributed by atoms with Crippen LogP contribution >= 0.6 is 0 Å². The lowest BCUT2D eigenvalue weighted by molar-refractivity contribution is 0.0398. The zero-order chi connectivity index (χ0) is 17.5. The number of amides is 1. The second-order valence-corrected chi connectivity index (χ2v) is 6.40. The van der Waals surface area contributed by atoms with Gasteiger partial charge >= 0.3 is 0 Å². The minimum absolute atomic E-state index is 0.00520. The number of hydrogen-bond donors (Lipinski definition) is 1. The molecule has 138 valence electrons. The van der Waals surface area contributed by atoms with Gasteiger partial charge in [0.1, 0.15) is 17.8 Å². The average Bonchev–Trinajstić information content (AvgIpc) is 2.68. The maximum atomic E-state index is 12.6. The Hall–Kier alpha value is -1.77. The van der Waals surface area contributed by atoms with Gasteiger partial charge in [0.2, 0.25) is 0 Å². The van der Waals surface area contributed by atoms with E-state index in [2.05, 4.69) is 32.0 Å². The lowest BCUT2D eigenvalue weighted by Crippen LogP contribution is -2.48. The van der Waals surface area contributed by atoms with Crippen LogP contribution in [-0.4, -0.2) is 103 Å². The van der Waals surface area contributed by atoms with Crippen molar-refractivity contribution >= 4 is 11.7 Å². The summed E-state index contributed by atoms with van der Waals surface area (Å²) in [5.41, 5.74) is 0.467. The highest BCUT2D eigenvalue weighted by Gasteiger charge is 2.22. The van der Waals surface area contributed by atoms with Crippen LogP contribution in [0.2, 0.25) is 0 Å². The summed E-state index contributed by atoms with van der Waals surface area (Å²) in [7, 11) is 0. The Kier molecular flexibility index (Phi) is 6.55. The van der Waals surface area contributed by atoms with Gasteiger partial charge in [0, 0.05) is 58.4 Å². The van der Waals surface area contributed by atoms with E-state index in [-0.39, 0.29) is 5.91 Å². The summed E-state index contributed by atoms with van der Waals surface area (Å²) in [5, 5.41) is 3.29. The maximum absolute atomic E-state index is 12.6. The fourth-order valence-corrected chi connectivity index (χ4v) is 3.17. The Balaban J connectivity index is 1.49. The summed E-state index contributed by atoms with van der Waals surface area (Å²) in [6, 6.07) is 1.76. The van der Waals surface area contributed by atoms with Crippen molar-refractivity contribution in [3.8, 4) is 0 Å². The third kappa shape index (κ3) is 5.10. The quantitative estimate of drug-likeness (QED) is 0.775. The molecule has 8 heteroatoms. The van der Waals surface area contributed by atoms with Gasteiger partial charge in [0.25, 0.3) is 5.91 Å². The molecule has 3 heterocycles. The molecule has 1 aromatic heterocycles. The predicted octanol–water partition coefficient (Wildman–Crippen LogP) is -0.00160. The highest BCUT2D eigenvalue weighted by atomic mass is 16.5. The first-order valence-corrected chi connectivity index (χ1v) is 9.14. The maximum Gasteiger partial charge on any atom is 0.272 e. The van der Waals surface area contributed by atoms with Crippen LogP contribution in [0.1, 0.15) is 17.4 Å². The molecule has 0 aromatic carbocycles. The Bertz CT molecular complexity index is 556. The Labute approximate surface area is 149 Å². The molecule has 2 aliphatic rings. The van der Waals surface area contributed by atoms with Gasteiger partial charge in [-0.15, -0.1) is 0 Å². The molecule has 8 nitrogen and oxygen atoms in total. The van der Waals surface area contributed by atoms with Crippen molar-refractivity contribution in [2.75, 3.05) is 77.4 Å². The van der Waals surface area contributed by atoms with Gasteiger partial charge < -0.3 is 19.9 Å². The highest BCUT2D eigenvalue weighted by Crippen LogP contribution is 2.10. The Morgan fingerprint density at radius 2 is 1.88 bits per heavy atom.